The third-order valence-electron chi connectivity index (χ3n) is 2.95. The highest BCUT2D eigenvalue weighted by atomic mass is 79.9. The summed E-state index contributed by atoms with van der Waals surface area (Å²) in [5.41, 5.74) is 4.62. The van der Waals surface area contributed by atoms with Crippen molar-refractivity contribution in [2.24, 2.45) is 0 Å². The third kappa shape index (κ3) is 2.91. The first-order valence-corrected chi connectivity index (χ1v) is 6.61. The van der Waals surface area contributed by atoms with E-state index >= 15 is 0 Å². The average Bonchev–Trinajstić information content (AvgIpc) is 2.31. The van der Waals surface area contributed by atoms with Gasteiger partial charge in [0.2, 0.25) is 0 Å². The van der Waals surface area contributed by atoms with Crippen LogP contribution in [0.4, 0.5) is 10.1 Å². The maximum Gasteiger partial charge on any atom is 0.124 e. The molecule has 0 saturated carbocycles. The van der Waals surface area contributed by atoms with Gasteiger partial charge in [-0.2, -0.15) is 0 Å². The molecule has 0 amide bonds. The summed E-state index contributed by atoms with van der Waals surface area (Å²) in [6.07, 6.45) is 0. The van der Waals surface area contributed by atoms with Crippen molar-refractivity contribution in [3.8, 4) is 0 Å². The quantitative estimate of drug-likeness (QED) is 0.857. The van der Waals surface area contributed by atoms with Crippen LogP contribution in [0, 0.1) is 19.7 Å². The normalized spacial score (nSPS) is 10.4. The second-order valence-electron chi connectivity index (χ2n) is 4.36. The van der Waals surface area contributed by atoms with Crippen LogP contribution in [-0.2, 0) is 6.54 Å². The second kappa shape index (κ2) is 5.53. The highest BCUT2D eigenvalue weighted by Crippen LogP contribution is 2.23. The van der Waals surface area contributed by atoms with Gasteiger partial charge in [0.15, 0.2) is 0 Å². The van der Waals surface area contributed by atoms with Crippen LogP contribution in [-0.4, -0.2) is 0 Å². The number of rotatable bonds is 3. The Morgan fingerprint density at radius 1 is 1.11 bits per heavy atom. The molecule has 0 unspecified atom stereocenters. The Morgan fingerprint density at radius 2 is 1.78 bits per heavy atom. The van der Waals surface area contributed by atoms with Gasteiger partial charge in [0.25, 0.3) is 0 Å². The first-order chi connectivity index (χ1) is 8.58. The largest absolute Gasteiger partial charge is 0.380 e. The van der Waals surface area contributed by atoms with Crippen LogP contribution in [0.15, 0.2) is 40.9 Å². The first kappa shape index (κ1) is 13.1. The SMILES string of the molecule is Cc1cccc(C)c1NCc1ccc(F)cc1Br. The van der Waals surface area contributed by atoms with Gasteiger partial charge in [-0.1, -0.05) is 40.2 Å². The molecule has 2 aromatic carbocycles. The summed E-state index contributed by atoms with van der Waals surface area (Å²) < 4.78 is 13.8. The second-order valence-corrected chi connectivity index (χ2v) is 5.21. The molecule has 2 aromatic rings. The Kier molecular flexibility index (Phi) is 4.02. The Labute approximate surface area is 115 Å². The van der Waals surface area contributed by atoms with Crippen LogP contribution in [0.25, 0.3) is 0 Å². The fourth-order valence-electron chi connectivity index (χ4n) is 1.94. The zero-order valence-corrected chi connectivity index (χ0v) is 12.0. The lowest BCUT2D eigenvalue weighted by Crippen LogP contribution is -2.03. The molecular weight excluding hydrogens is 293 g/mol. The Bertz CT molecular complexity index is 546. The highest BCUT2D eigenvalue weighted by Gasteiger charge is 2.04. The van der Waals surface area contributed by atoms with Gasteiger partial charge in [-0.05, 0) is 42.7 Å². The molecule has 0 aliphatic heterocycles. The lowest BCUT2D eigenvalue weighted by Gasteiger charge is -2.13. The summed E-state index contributed by atoms with van der Waals surface area (Å²) >= 11 is 3.38. The van der Waals surface area contributed by atoms with Gasteiger partial charge in [-0.25, -0.2) is 4.39 Å². The molecule has 0 heterocycles. The Hall–Kier alpha value is -1.35. The minimum atomic E-state index is -0.224. The first-order valence-electron chi connectivity index (χ1n) is 5.82. The Balaban J connectivity index is 2.16. The number of hydrogen-bond acceptors (Lipinski definition) is 1. The Morgan fingerprint density at radius 3 is 2.39 bits per heavy atom. The van der Waals surface area contributed by atoms with E-state index in [9.17, 15) is 4.39 Å². The number of hydrogen-bond donors (Lipinski definition) is 1. The van der Waals surface area contributed by atoms with Gasteiger partial charge in [0, 0.05) is 16.7 Å². The molecule has 3 heteroatoms. The van der Waals surface area contributed by atoms with Gasteiger partial charge in [-0.15, -0.1) is 0 Å². The third-order valence-corrected chi connectivity index (χ3v) is 3.69. The minimum Gasteiger partial charge on any atom is -0.380 e. The van der Waals surface area contributed by atoms with Crippen molar-refractivity contribution in [1.82, 2.24) is 0 Å². The molecule has 0 atom stereocenters. The molecule has 0 radical (unpaired) electrons. The fraction of sp³-hybridized carbons (Fsp3) is 0.200. The van der Waals surface area contributed by atoms with Gasteiger partial charge in [0.05, 0.1) is 0 Å². The molecule has 0 aromatic heterocycles. The van der Waals surface area contributed by atoms with Crippen molar-refractivity contribution < 1.29 is 4.39 Å². The zero-order chi connectivity index (χ0) is 13.1. The van der Waals surface area contributed by atoms with Crippen molar-refractivity contribution in [3.05, 3.63) is 63.4 Å². The molecule has 18 heavy (non-hydrogen) atoms. The molecular formula is C15H15BrFN. The van der Waals surface area contributed by atoms with E-state index in [0.29, 0.717) is 6.54 Å². The fourth-order valence-corrected chi connectivity index (χ4v) is 2.43. The van der Waals surface area contributed by atoms with Crippen LogP contribution in [0.1, 0.15) is 16.7 Å². The van der Waals surface area contributed by atoms with E-state index in [-0.39, 0.29) is 5.82 Å². The van der Waals surface area contributed by atoms with Crippen molar-refractivity contribution in [2.45, 2.75) is 20.4 Å². The standard InChI is InChI=1S/C15H15BrFN/c1-10-4-3-5-11(2)15(10)18-9-12-6-7-13(17)8-14(12)16/h3-8,18H,9H2,1-2H3. The highest BCUT2D eigenvalue weighted by molar-refractivity contribution is 9.10. The predicted octanol–water partition coefficient (Wildman–Crippen LogP) is 4.82. The number of anilines is 1. The predicted molar refractivity (Wildman–Crippen MR) is 77.3 cm³/mol. The van der Waals surface area contributed by atoms with Gasteiger partial charge < -0.3 is 5.32 Å². The van der Waals surface area contributed by atoms with Crippen LogP contribution >= 0.6 is 15.9 Å². The van der Waals surface area contributed by atoms with Crippen molar-refractivity contribution >= 4 is 21.6 Å². The van der Waals surface area contributed by atoms with E-state index in [0.717, 1.165) is 15.7 Å². The summed E-state index contributed by atoms with van der Waals surface area (Å²) in [5.74, 6) is -0.224. The summed E-state index contributed by atoms with van der Waals surface area (Å²) in [5, 5.41) is 3.41. The topological polar surface area (TPSA) is 12.0 Å². The van der Waals surface area contributed by atoms with Crippen LogP contribution < -0.4 is 5.32 Å². The number of para-hydroxylation sites is 1. The minimum absolute atomic E-state index is 0.224. The number of nitrogens with one attached hydrogen (secondary N) is 1. The molecule has 0 spiro atoms. The van der Waals surface area contributed by atoms with Crippen LogP contribution in [0.2, 0.25) is 0 Å². The van der Waals surface area contributed by atoms with Gasteiger partial charge in [-0.3, -0.25) is 0 Å². The summed E-state index contributed by atoms with van der Waals surface area (Å²) in [6.45, 7) is 4.83. The zero-order valence-electron chi connectivity index (χ0n) is 10.4. The van der Waals surface area contributed by atoms with E-state index in [1.807, 2.05) is 6.07 Å². The summed E-state index contributed by atoms with van der Waals surface area (Å²) in [4.78, 5) is 0. The average molecular weight is 308 g/mol. The van der Waals surface area contributed by atoms with Crippen molar-refractivity contribution in [2.75, 3.05) is 5.32 Å². The molecule has 94 valence electrons. The number of aryl methyl sites for hydroxylation is 2. The monoisotopic (exact) mass is 307 g/mol. The van der Waals surface area contributed by atoms with Crippen LogP contribution in [0.5, 0.6) is 0 Å². The van der Waals surface area contributed by atoms with Gasteiger partial charge >= 0.3 is 0 Å². The molecule has 0 aliphatic carbocycles. The molecule has 1 N–H and O–H groups in total. The van der Waals surface area contributed by atoms with Crippen molar-refractivity contribution in [3.63, 3.8) is 0 Å². The van der Waals surface area contributed by atoms with Gasteiger partial charge in [0.1, 0.15) is 5.82 Å². The maximum atomic E-state index is 13.0. The molecule has 0 fully saturated rings. The summed E-state index contributed by atoms with van der Waals surface area (Å²) in [7, 11) is 0. The lowest BCUT2D eigenvalue weighted by molar-refractivity contribution is 0.626. The van der Waals surface area contributed by atoms with E-state index in [2.05, 4.69) is 47.2 Å². The van der Waals surface area contributed by atoms with Crippen molar-refractivity contribution in [1.29, 1.82) is 0 Å². The lowest BCUT2D eigenvalue weighted by atomic mass is 10.1. The number of benzene rings is 2. The maximum absolute atomic E-state index is 13.0. The van der Waals surface area contributed by atoms with Crippen LogP contribution in [0.3, 0.4) is 0 Å². The van der Waals surface area contributed by atoms with E-state index in [1.54, 1.807) is 6.07 Å². The summed E-state index contributed by atoms with van der Waals surface area (Å²) in [6, 6.07) is 11.0. The molecule has 1 nitrogen and oxygen atoms in total. The number of halogens is 2. The molecule has 0 aliphatic rings. The molecule has 0 bridgehead atoms. The molecule has 2 rings (SSSR count). The van der Waals surface area contributed by atoms with E-state index in [4.69, 9.17) is 0 Å². The van der Waals surface area contributed by atoms with E-state index in [1.165, 1.54) is 23.3 Å². The smallest absolute Gasteiger partial charge is 0.124 e. The van der Waals surface area contributed by atoms with E-state index < -0.39 is 0 Å². The molecule has 0 saturated heterocycles.